The van der Waals surface area contributed by atoms with Gasteiger partial charge in [0.2, 0.25) is 5.91 Å². The maximum Gasteiger partial charge on any atom is 0.229 e. The van der Waals surface area contributed by atoms with Gasteiger partial charge in [-0.05, 0) is 24.3 Å². The molecule has 0 atom stereocenters. The first kappa shape index (κ1) is 14.5. The summed E-state index contributed by atoms with van der Waals surface area (Å²) in [6.45, 7) is 5.56. The molecule has 0 saturated carbocycles. The van der Waals surface area contributed by atoms with Crippen molar-refractivity contribution in [3.63, 3.8) is 0 Å². The molecule has 1 N–H and O–H groups in total. The van der Waals surface area contributed by atoms with Crippen molar-refractivity contribution in [2.45, 2.75) is 20.8 Å². The number of nitrogens with one attached hydrogen (secondary N) is 1. The van der Waals surface area contributed by atoms with E-state index in [0.29, 0.717) is 16.5 Å². The molecular formula is C15H16ClN3O. The number of nitrogens with zero attached hydrogens (tertiary/aromatic N) is 2. The van der Waals surface area contributed by atoms with Crippen molar-refractivity contribution in [2.24, 2.45) is 5.41 Å². The van der Waals surface area contributed by atoms with Crippen molar-refractivity contribution in [1.82, 2.24) is 9.97 Å². The molecule has 4 nitrogen and oxygen atoms in total. The Kier molecular flexibility index (Phi) is 4.04. The van der Waals surface area contributed by atoms with Gasteiger partial charge in [0.1, 0.15) is 0 Å². The van der Waals surface area contributed by atoms with Crippen LogP contribution in [0.4, 0.5) is 5.69 Å². The van der Waals surface area contributed by atoms with Crippen LogP contribution in [-0.4, -0.2) is 15.9 Å². The predicted octanol–water partition coefficient (Wildman–Crippen LogP) is 3.78. The molecule has 0 radical (unpaired) electrons. The monoisotopic (exact) mass is 289 g/mol. The van der Waals surface area contributed by atoms with Crippen molar-refractivity contribution in [3.05, 3.63) is 41.7 Å². The number of carbonyl (C=O) groups excluding carboxylic acids is 1. The van der Waals surface area contributed by atoms with E-state index in [4.69, 9.17) is 11.6 Å². The van der Waals surface area contributed by atoms with Gasteiger partial charge in [0, 0.05) is 16.0 Å². The van der Waals surface area contributed by atoms with E-state index < -0.39 is 5.41 Å². The fourth-order valence-electron chi connectivity index (χ4n) is 1.46. The number of aromatic nitrogens is 2. The minimum Gasteiger partial charge on any atom is -0.323 e. The molecule has 1 amide bonds. The lowest BCUT2D eigenvalue weighted by Crippen LogP contribution is -2.27. The van der Waals surface area contributed by atoms with Gasteiger partial charge in [-0.15, -0.1) is 0 Å². The summed E-state index contributed by atoms with van der Waals surface area (Å²) >= 11 is 5.84. The number of amides is 1. The Labute approximate surface area is 123 Å². The topological polar surface area (TPSA) is 54.9 Å². The summed E-state index contributed by atoms with van der Waals surface area (Å²) in [6, 6.07) is 7.28. The molecule has 0 aliphatic heterocycles. The number of anilines is 1. The van der Waals surface area contributed by atoms with Gasteiger partial charge in [-0.1, -0.05) is 32.4 Å². The van der Waals surface area contributed by atoms with Crippen LogP contribution in [0.25, 0.3) is 11.4 Å². The second-order valence-corrected chi connectivity index (χ2v) is 5.94. The molecule has 2 aromatic rings. The Bertz CT molecular complexity index is 601. The molecule has 1 aromatic carbocycles. The first-order valence-corrected chi connectivity index (χ1v) is 6.63. The standard InChI is InChI=1S/C15H16ClN3O/c1-15(2,3)14(20)19-12-8-17-13(18-9-12)10-4-6-11(16)7-5-10/h4-9H,1-3H3,(H,19,20). The van der Waals surface area contributed by atoms with Crippen LogP contribution in [0.3, 0.4) is 0 Å². The van der Waals surface area contributed by atoms with Crippen LogP contribution in [0, 0.1) is 5.41 Å². The summed E-state index contributed by atoms with van der Waals surface area (Å²) < 4.78 is 0. The minimum atomic E-state index is -0.450. The molecule has 2 rings (SSSR count). The van der Waals surface area contributed by atoms with Crippen LogP contribution in [0.1, 0.15) is 20.8 Å². The fraction of sp³-hybridized carbons (Fsp3) is 0.267. The number of halogens is 1. The Balaban J connectivity index is 2.14. The van der Waals surface area contributed by atoms with E-state index in [9.17, 15) is 4.79 Å². The van der Waals surface area contributed by atoms with Gasteiger partial charge in [0.25, 0.3) is 0 Å². The molecule has 0 unspecified atom stereocenters. The summed E-state index contributed by atoms with van der Waals surface area (Å²) in [4.78, 5) is 20.3. The molecule has 20 heavy (non-hydrogen) atoms. The molecule has 0 bridgehead atoms. The first-order chi connectivity index (χ1) is 9.36. The second kappa shape index (κ2) is 5.59. The number of hydrogen-bond donors (Lipinski definition) is 1. The highest BCUT2D eigenvalue weighted by atomic mass is 35.5. The SMILES string of the molecule is CC(C)(C)C(=O)Nc1cnc(-c2ccc(Cl)cc2)nc1. The van der Waals surface area contributed by atoms with Crippen LogP contribution in [0.15, 0.2) is 36.7 Å². The summed E-state index contributed by atoms with van der Waals surface area (Å²) in [5.74, 6) is 0.524. The molecule has 104 valence electrons. The van der Waals surface area contributed by atoms with Gasteiger partial charge < -0.3 is 5.32 Å². The largest absolute Gasteiger partial charge is 0.323 e. The van der Waals surface area contributed by atoms with Crippen molar-refractivity contribution in [2.75, 3.05) is 5.32 Å². The molecule has 0 spiro atoms. The molecule has 0 fully saturated rings. The first-order valence-electron chi connectivity index (χ1n) is 6.26. The lowest BCUT2D eigenvalue weighted by atomic mass is 9.96. The number of carbonyl (C=O) groups is 1. The Morgan fingerprint density at radius 3 is 2.15 bits per heavy atom. The molecule has 0 saturated heterocycles. The second-order valence-electron chi connectivity index (χ2n) is 5.51. The van der Waals surface area contributed by atoms with Crippen molar-refractivity contribution in [1.29, 1.82) is 0 Å². The normalized spacial score (nSPS) is 11.2. The predicted molar refractivity (Wildman–Crippen MR) is 80.6 cm³/mol. The summed E-state index contributed by atoms with van der Waals surface area (Å²) in [7, 11) is 0. The molecule has 0 aliphatic carbocycles. The van der Waals surface area contributed by atoms with Gasteiger partial charge in [0.15, 0.2) is 5.82 Å². The third-order valence-electron chi connectivity index (χ3n) is 2.69. The average Bonchev–Trinajstić information content (AvgIpc) is 2.39. The maximum atomic E-state index is 11.8. The number of benzene rings is 1. The number of hydrogen-bond acceptors (Lipinski definition) is 3. The lowest BCUT2D eigenvalue weighted by Gasteiger charge is -2.17. The molecule has 1 heterocycles. The molecule has 1 aromatic heterocycles. The Morgan fingerprint density at radius 1 is 1.10 bits per heavy atom. The maximum absolute atomic E-state index is 11.8. The minimum absolute atomic E-state index is 0.0691. The highest BCUT2D eigenvalue weighted by Gasteiger charge is 2.21. The van der Waals surface area contributed by atoms with Crippen LogP contribution >= 0.6 is 11.6 Å². The van der Waals surface area contributed by atoms with Crippen LogP contribution in [0.5, 0.6) is 0 Å². The van der Waals surface area contributed by atoms with Crippen LogP contribution in [-0.2, 0) is 4.79 Å². The molecule has 0 aliphatic rings. The van der Waals surface area contributed by atoms with E-state index in [1.807, 2.05) is 32.9 Å². The van der Waals surface area contributed by atoms with E-state index >= 15 is 0 Å². The summed E-state index contributed by atoms with van der Waals surface area (Å²) in [6.07, 6.45) is 3.20. The third kappa shape index (κ3) is 3.54. The van der Waals surface area contributed by atoms with E-state index in [0.717, 1.165) is 5.56 Å². The summed E-state index contributed by atoms with van der Waals surface area (Å²) in [5.41, 5.74) is 1.01. The molecular weight excluding hydrogens is 274 g/mol. The van der Waals surface area contributed by atoms with Gasteiger partial charge in [-0.25, -0.2) is 9.97 Å². The quantitative estimate of drug-likeness (QED) is 0.915. The van der Waals surface area contributed by atoms with Gasteiger partial charge in [-0.3, -0.25) is 4.79 Å². The van der Waals surface area contributed by atoms with Crippen molar-refractivity contribution in [3.8, 4) is 11.4 Å². The smallest absolute Gasteiger partial charge is 0.229 e. The molecule has 5 heteroatoms. The fourth-order valence-corrected chi connectivity index (χ4v) is 1.59. The van der Waals surface area contributed by atoms with Crippen molar-refractivity contribution < 1.29 is 4.79 Å². The zero-order valence-electron chi connectivity index (χ0n) is 11.6. The van der Waals surface area contributed by atoms with Gasteiger partial charge >= 0.3 is 0 Å². The van der Waals surface area contributed by atoms with Gasteiger partial charge in [-0.2, -0.15) is 0 Å². The van der Waals surface area contributed by atoms with E-state index in [1.54, 1.807) is 24.5 Å². The third-order valence-corrected chi connectivity index (χ3v) is 2.95. The Hall–Kier alpha value is -1.94. The summed E-state index contributed by atoms with van der Waals surface area (Å²) in [5, 5.41) is 3.45. The highest BCUT2D eigenvalue weighted by Crippen LogP contribution is 2.20. The van der Waals surface area contributed by atoms with E-state index in [-0.39, 0.29) is 5.91 Å². The van der Waals surface area contributed by atoms with E-state index in [2.05, 4.69) is 15.3 Å². The van der Waals surface area contributed by atoms with Crippen molar-refractivity contribution >= 4 is 23.2 Å². The van der Waals surface area contributed by atoms with Crippen LogP contribution in [0.2, 0.25) is 5.02 Å². The zero-order chi connectivity index (χ0) is 14.8. The van der Waals surface area contributed by atoms with E-state index in [1.165, 1.54) is 0 Å². The van der Waals surface area contributed by atoms with Crippen LogP contribution < -0.4 is 5.32 Å². The highest BCUT2D eigenvalue weighted by molar-refractivity contribution is 6.30. The zero-order valence-corrected chi connectivity index (χ0v) is 12.4. The van der Waals surface area contributed by atoms with Gasteiger partial charge in [0.05, 0.1) is 18.1 Å². The average molecular weight is 290 g/mol. The Morgan fingerprint density at radius 2 is 1.65 bits per heavy atom. The number of rotatable bonds is 2. The lowest BCUT2D eigenvalue weighted by molar-refractivity contribution is -0.123.